The first kappa shape index (κ1) is 11.1. The molecule has 18 heavy (non-hydrogen) atoms. The second-order valence-electron chi connectivity index (χ2n) is 3.94. The van der Waals surface area contributed by atoms with Crippen LogP contribution in [0.1, 0.15) is 23.3 Å². The van der Waals surface area contributed by atoms with E-state index in [1.165, 1.54) is 11.3 Å². The minimum atomic E-state index is 0.0841. The summed E-state index contributed by atoms with van der Waals surface area (Å²) in [6, 6.07) is 3.47. The van der Waals surface area contributed by atoms with Crippen LogP contribution in [-0.4, -0.2) is 33.5 Å². The molecule has 1 fully saturated rings. The highest BCUT2D eigenvalue weighted by Crippen LogP contribution is 2.27. The van der Waals surface area contributed by atoms with Crippen molar-refractivity contribution in [3.8, 4) is 5.13 Å². The third-order valence-corrected chi connectivity index (χ3v) is 3.76. The highest BCUT2D eigenvalue weighted by atomic mass is 32.1. The first-order chi connectivity index (χ1) is 8.79. The van der Waals surface area contributed by atoms with Crippen molar-refractivity contribution in [3.63, 3.8) is 0 Å². The SMILES string of the molecule is O=Cc1cccn1-c1nnc(N2CCCC2=O)s1. The van der Waals surface area contributed by atoms with E-state index in [2.05, 4.69) is 10.2 Å². The number of hydrogen-bond donors (Lipinski definition) is 0. The minimum absolute atomic E-state index is 0.0841. The zero-order valence-corrected chi connectivity index (χ0v) is 10.3. The number of hydrogen-bond acceptors (Lipinski definition) is 5. The van der Waals surface area contributed by atoms with Gasteiger partial charge in [-0.15, -0.1) is 10.2 Å². The molecule has 0 bridgehead atoms. The number of carbonyl (C=O) groups excluding carboxylic acids is 2. The molecule has 0 aliphatic carbocycles. The maximum atomic E-state index is 11.6. The van der Waals surface area contributed by atoms with E-state index in [-0.39, 0.29) is 5.91 Å². The van der Waals surface area contributed by atoms with Crippen LogP contribution >= 0.6 is 11.3 Å². The minimum Gasteiger partial charge on any atom is -0.296 e. The lowest BCUT2D eigenvalue weighted by atomic mass is 10.4. The lowest BCUT2D eigenvalue weighted by Gasteiger charge is -2.09. The monoisotopic (exact) mass is 262 g/mol. The van der Waals surface area contributed by atoms with Crippen molar-refractivity contribution in [2.24, 2.45) is 0 Å². The fraction of sp³-hybridized carbons (Fsp3) is 0.273. The zero-order valence-electron chi connectivity index (χ0n) is 9.44. The summed E-state index contributed by atoms with van der Waals surface area (Å²) in [5.41, 5.74) is 0.519. The van der Waals surface area contributed by atoms with Crippen molar-refractivity contribution in [2.75, 3.05) is 11.4 Å². The molecule has 1 aliphatic rings. The highest BCUT2D eigenvalue weighted by molar-refractivity contribution is 7.17. The van der Waals surface area contributed by atoms with Crippen LogP contribution in [0, 0.1) is 0 Å². The molecule has 0 saturated carbocycles. The Bertz CT molecular complexity index is 604. The number of aldehydes is 1. The Kier molecular flexibility index (Phi) is 2.67. The van der Waals surface area contributed by atoms with Crippen molar-refractivity contribution in [2.45, 2.75) is 12.8 Å². The predicted molar refractivity (Wildman–Crippen MR) is 66.2 cm³/mol. The van der Waals surface area contributed by atoms with Gasteiger partial charge in [0.25, 0.3) is 0 Å². The van der Waals surface area contributed by atoms with Crippen LogP contribution in [0.25, 0.3) is 5.13 Å². The van der Waals surface area contributed by atoms with Crippen LogP contribution in [0.5, 0.6) is 0 Å². The average molecular weight is 262 g/mol. The van der Waals surface area contributed by atoms with Gasteiger partial charge in [-0.05, 0) is 18.6 Å². The number of anilines is 1. The molecule has 0 radical (unpaired) electrons. The van der Waals surface area contributed by atoms with Gasteiger partial charge in [-0.1, -0.05) is 11.3 Å². The van der Waals surface area contributed by atoms with Crippen LogP contribution in [-0.2, 0) is 4.79 Å². The highest BCUT2D eigenvalue weighted by Gasteiger charge is 2.25. The molecule has 0 aromatic carbocycles. The molecule has 1 saturated heterocycles. The topological polar surface area (TPSA) is 68.1 Å². The van der Waals surface area contributed by atoms with Crippen molar-refractivity contribution < 1.29 is 9.59 Å². The Balaban J connectivity index is 1.94. The van der Waals surface area contributed by atoms with Gasteiger partial charge in [0.05, 0.1) is 5.69 Å². The van der Waals surface area contributed by atoms with E-state index in [0.29, 0.717) is 28.9 Å². The standard InChI is InChI=1S/C11H10N4O2S/c16-7-8-3-1-5-14(8)10-12-13-11(18-10)15-6-2-4-9(15)17/h1,3,5,7H,2,4,6H2. The van der Waals surface area contributed by atoms with Gasteiger partial charge in [0.1, 0.15) is 0 Å². The predicted octanol–water partition coefficient (Wildman–Crippen LogP) is 1.27. The molecule has 6 nitrogen and oxygen atoms in total. The largest absolute Gasteiger partial charge is 0.296 e. The molecule has 0 spiro atoms. The quantitative estimate of drug-likeness (QED) is 0.781. The smallest absolute Gasteiger partial charge is 0.228 e. The number of rotatable bonds is 3. The molecular formula is C11H10N4O2S. The van der Waals surface area contributed by atoms with E-state index in [1.54, 1.807) is 27.8 Å². The van der Waals surface area contributed by atoms with E-state index >= 15 is 0 Å². The van der Waals surface area contributed by atoms with Crippen LogP contribution in [0.15, 0.2) is 18.3 Å². The van der Waals surface area contributed by atoms with Crippen LogP contribution in [0.2, 0.25) is 0 Å². The van der Waals surface area contributed by atoms with Crippen molar-refractivity contribution >= 4 is 28.7 Å². The van der Waals surface area contributed by atoms with E-state index in [0.717, 1.165) is 12.7 Å². The number of carbonyl (C=O) groups is 2. The summed E-state index contributed by atoms with van der Waals surface area (Å²) < 4.78 is 1.66. The molecule has 0 unspecified atom stereocenters. The fourth-order valence-electron chi connectivity index (χ4n) is 1.93. The fourth-order valence-corrected chi connectivity index (χ4v) is 2.82. The maximum Gasteiger partial charge on any atom is 0.228 e. The molecule has 92 valence electrons. The van der Waals surface area contributed by atoms with Crippen LogP contribution in [0.4, 0.5) is 5.13 Å². The summed E-state index contributed by atoms with van der Waals surface area (Å²) >= 11 is 1.31. The summed E-state index contributed by atoms with van der Waals surface area (Å²) in [6.45, 7) is 0.694. The maximum absolute atomic E-state index is 11.6. The molecule has 7 heteroatoms. The summed E-state index contributed by atoms with van der Waals surface area (Å²) in [5, 5.41) is 9.23. The number of amides is 1. The van der Waals surface area contributed by atoms with Gasteiger partial charge >= 0.3 is 0 Å². The summed E-state index contributed by atoms with van der Waals surface area (Å²) in [7, 11) is 0. The molecule has 2 aromatic rings. The van der Waals surface area contributed by atoms with Crippen molar-refractivity contribution in [1.82, 2.24) is 14.8 Å². The Morgan fingerprint density at radius 2 is 2.17 bits per heavy atom. The molecule has 0 atom stereocenters. The second-order valence-corrected chi connectivity index (χ2v) is 4.87. The van der Waals surface area contributed by atoms with Crippen LogP contribution in [0.3, 0.4) is 0 Å². The van der Waals surface area contributed by atoms with Crippen molar-refractivity contribution in [1.29, 1.82) is 0 Å². The molecule has 3 rings (SSSR count). The lowest BCUT2D eigenvalue weighted by Crippen LogP contribution is -2.23. The van der Waals surface area contributed by atoms with Gasteiger partial charge in [-0.25, -0.2) is 0 Å². The Hall–Kier alpha value is -2.02. The number of nitrogens with zero attached hydrogens (tertiary/aromatic N) is 4. The molecular weight excluding hydrogens is 252 g/mol. The van der Waals surface area contributed by atoms with E-state index < -0.39 is 0 Å². The molecule has 1 aliphatic heterocycles. The van der Waals surface area contributed by atoms with Gasteiger partial charge in [0, 0.05) is 19.2 Å². The molecule has 3 heterocycles. The Labute approximate surface area is 107 Å². The Morgan fingerprint density at radius 1 is 1.33 bits per heavy atom. The van der Waals surface area contributed by atoms with Crippen LogP contribution < -0.4 is 4.90 Å². The molecule has 2 aromatic heterocycles. The zero-order chi connectivity index (χ0) is 12.5. The van der Waals surface area contributed by atoms with Gasteiger partial charge < -0.3 is 0 Å². The lowest BCUT2D eigenvalue weighted by molar-refractivity contribution is -0.117. The number of aromatic nitrogens is 3. The van der Waals surface area contributed by atoms with E-state index in [4.69, 9.17) is 0 Å². The Morgan fingerprint density at radius 3 is 2.89 bits per heavy atom. The normalized spacial score (nSPS) is 15.3. The van der Waals surface area contributed by atoms with Crippen molar-refractivity contribution in [3.05, 3.63) is 24.0 Å². The van der Waals surface area contributed by atoms with E-state index in [1.807, 2.05) is 0 Å². The molecule has 0 N–H and O–H groups in total. The van der Waals surface area contributed by atoms with E-state index in [9.17, 15) is 9.59 Å². The van der Waals surface area contributed by atoms with Gasteiger partial charge in [-0.2, -0.15) is 0 Å². The summed E-state index contributed by atoms with van der Waals surface area (Å²) in [6.07, 6.45) is 3.94. The second kappa shape index (κ2) is 4.34. The van der Waals surface area contributed by atoms with Gasteiger partial charge in [0.2, 0.25) is 16.2 Å². The first-order valence-electron chi connectivity index (χ1n) is 5.56. The molecule has 1 amide bonds. The third-order valence-electron chi connectivity index (χ3n) is 2.82. The third kappa shape index (κ3) is 1.72. The summed E-state index contributed by atoms with van der Waals surface area (Å²) in [4.78, 5) is 24.1. The van der Waals surface area contributed by atoms with Gasteiger partial charge in [-0.3, -0.25) is 19.1 Å². The average Bonchev–Trinajstić information content (AvgIpc) is 3.06. The van der Waals surface area contributed by atoms with Gasteiger partial charge in [0.15, 0.2) is 6.29 Å². The first-order valence-corrected chi connectivity index (χ1v) is 6.38. The summed E-state index contributed by atoms with van der Waals surface area (Å²) in [5.74, 6) is 0.0841.